The van der Waals surface area contributed by atoms with Gasteiger partial charge in [0.2, 0.25) is 0 Å². The normalized spacial score (nSPS) is 14.5. The minimum atomic E-state index is -1.13. The molecule has 1 aromatic carbocycles. The van der Waals surface area contributed by atoms with Gasteiger partial charge in [-0.25, -0.2) is 9.79 Å². The van der Waals surface area contributed by atoms with E-state index in [0.717, 1.165) is 0 Å². The zero-order valence-electron chi connectivity index (χ0n) is 11.5. The smallest absolute Gasteiger partial charge is 0.354 e. The van der Waals surface area contributed by atoms with Gasteiger partial charge >= 0.3 is 5.97 Å². The van der Waals surface area contributed by atoms with Crippen LogP contribution in [0.2, 0.25) is 0 Å². The van der Waals surface area contributed by atoms with Crippen LogP contribution < -0.4 is 4.74 Å². The van der Waals surface area contributed by atoms with E-state index in [0.29, 0.717) is 11.3 Å². The van der Waals surface area contributed by atoms with Gasteiger partial charge in [0.1, 0.15) is 17.7 Å². The number of benzene rings is 1. The predicted octanol–water partition coefficient (Wildman–Crippen LogP) is 2.59. The SMILES string of the molecule is O=C(O)C1=CC=CN=CC=NC=COc2ccccc2C=N1. The Labute approximate surface area is 127 Å². The zero-order valence-corrected chi connectivity index (χ0v) is 11.5. The molecule has 0 spiro atoms. The maximum absolute atomic E-state index is 11.1. The summed E-state index contributed by atoms with van der Waals surface area (Å²) in [6.07, 6.45) is 11.6. The highest BCUT2D eigenvalue weighted by molar-refractivity contribution is 6.16. The van der Waals surface area contributed by atoms with E-state index in [1.54, 1.807) is 18.2 Å². The van der Waals surface area contributed by atoms with Gasteiger partial charge in [-0.2, -0.15) is 0 Å². The van der Waals surface area contributed by atoms with Crippen LogP contribution in [0.4, 0.5) is 0 Å². The maximum atomic E-state index is 11.1. The average molecular weight is 295 g/mol. The van der Waals surface area contributed by atoms with Crippen LogP contribution in [-0.2, 0) is 4.79 Å². The number of carbonyl (C=O) groups is 1. The molecule has 0 aromatic heterocycles. The summed E-state index contributed by atoms with van der Waals surface area (Å²) in [7, 11) is 0. The average Bonchev–Trinajstić information content (AvgIpc) is 2.52. The highest BCUT2D eigenvalue weighted by Gasteiger charge is 2.04. The first kappa shape index (κ1) is 15.1. The van der Waals surface area contributed by atoms with Crippen molar-refractivity contribution >= 4 is 24.6 Å². The molecule has 1 heterocycles. The van der Waals surface area contributed by atoms with E-state index in [-0.39, 0.29) is 5.70 Å². The van der Waals surface area contributed by atoms with Gasteiger partial charge in [0, 0.05) is 30.4 Å². The van der Waals surface area contributed by atoms with Crippen molar-refractivity contribution in [1.29, 1.82) is 0 Å². The number of allylic oxidation sites excluding steroid dienone is 2. The van der Waals surface area contributed by atoms with Gasteiger partial charge in [0.15, 0.2) is 0 Å². The summed E-state index contributed by atoms with van der Waals surface area (Å²) in [6.45, 7) is 0. The molecule has 1 aliphatic rings. The predicted molar refractivity (Wildman–Crippen MR) is 85.6 cm³/mol. The molecule has 0 amide bonds. The molecule has 6 nitrogen and oxygen atoms in total. The Hall–Kier alpha value is -3.28. The third-order valence-corrected chi connectivity index (χ3v) is 2.49. The van der Waals surface area contributed by atoms with Crippen LogP contribution in [0, 0.1) is 0 Å². The summed E-state index contributed by atoms with van der Waals surface area (Å²) in [4.78, 5) is 23.0. The molecular formula is C16H13N3O3. The largest absolute Gasteiger partial charge is 0.477 e. The molecule has 22 heavy (non-hydrogen) atoms. The molecular weight excluding hydrogens is 282 g/mol. The lowest BCUT2D eigenvalue weighted by Crippen LogP contribution is -1.98. The molecule has 0 unspecified atom stereocenters. The van der Waals surface area contributed by atoms with Crippen molar-refractivity contribution < 1.29 is 14.6 Å². The molecule has 1 aliphatic heterocycles. The van der Waals surface area contributed by atoms with Gasteiger partial charge in [-0.1, -0.05) is 12.1 Å². The highest BCUT2D eigenvalue weighted by atomic mass is 16.5. The van der Waals surface area contributed by atoms with Crippen molar-refractivity contribution in [3.05, 3.63) is 66.3 Å². The van der Waals surface area contributed by atoms with Gasteiger partial charge in [-0.05, 0) is 24.3 Å². The lowest BCUT2D eigenvalue weighted by Gasteiger charge is -2.03. The van der Waals surface area contributed by atoms with Crippen LogP contribution in [-0.4, -0.2) is 29.7 Å². The minimum Gasteiger partial charge on any atom is -0.477 e. The number of fused-ring (bicyclic) bond motifs is 1. The van der Waals surface area contributed by atoms with Crippen molar-refractivity contribution in [2.24, 2.45) is 15.0 Å². The molecule has 2 rings (SSSR count). The van der Waals surface area contributed by atoms with Gasteiger partial charge in [0.25, 0.3) is 0 Å². The number of carboxylic acids is 1. The summed E-state index contributed by atoms with van der Waals surface area (Å²) in [5.41, 5.74) is 0.540. The van der Waals surface area contributed by atoms with Crippen LogP contribution in [0.1, 0.15) is 5.56 Å². The van der Waals surface area contributed by atoms with Crippen molar-refractivity contribution in [1.82, 2.24) is 0 Å². The Balaban J connectivity index is 2.40. The Morgan fingerprint density at radius 2 is 1.86 bits per heavy atom. The van der Waals surface area contributed by atoms with Crippen LogP contribution in [0.15, 0.2) is 75.8 Å². The van der Waals surface area contributed by atoms with Gasteiger partial charge < -0.3 is 9.84 Å². The maximum Gasteiger partial charge on any atom is 0.354 e. The summed E-state index contributed by atoms with van der Waals surface area (Å²) in [5.74, 6) is -0.587. The van der Waals surface area contributed by atoms with Gasteiger partial charge in [-0.3, -0.25) is 9.98 Å². The Morgan fingerprint density at radius 1 is 1.09 bits per heavy atom. The Kier molecular flexibility index (Phi) is 5.57. The van der Waals surface area contributed by atoms with E-state index in [1.807, 2.05) is 6.07 Å². The molecule has 1 aromatic rings. The Bertz CT molecular complexity index is 713. The van der Waals surface area contributed by atoms with Crippen LogP contribution in [0.25, 0.3) is 0 Å². The van der Waals surface area contributed by atoms with Crippen LogP contribution >= 0.6 is 0 Å². The van der Waals surface area contributed by atoms with E-state index in [9.17, 15) is 4.79 Å². The Morgan fingerprint density at radius 3 is 2.68 bits per heavy atom. The first-order valence-electron chi connectivity index (χ1n) is 6.37. The molecule has 0 saturated carbocycles. The number of para-hydroxylation sites is 1. The molecule has 0 radical (unpaired) electrons. The van der Waals surface area contributed by atoms with Crippen LogP contribution in [0.5, 0.6) is 5.75 Å². The van der Waals surface area contributed by atoms with E-state index in [2.05, 4.69) is 15.0 Å². The second kappa shape index (κ2) is 8.11. The quantitative estimate of drug-likeness (QED) is 0.864. The van der Waals surface area contributed by atoms with Gasteiger partial charge in [-0.15, -0.1) is 0 Å². The van der Waals surface area contributed by atoms with E-state index in [4.69, 9.17) is 9.84 Å². The first-order chi connectivity index (χ1) is 10.8. The lowest BCUT2D eigenvalue weighted by molar-refractivity contribution is -0.132. The topological polar surface area (TPSA) is 83.6 Å². The first-order valence-corrected chi connectivity index (χ1v) is 6.37. The highest BCUT2D eigenvalue weighted by Crippen LogP contribution is 2.16. The number of aliphatic carboxylic acids is 1. The number of aliphatic imine (C=N–C) groups is 3. The van der Waals surface area contributed by atoms with E-state index < -0.39 is 5.97 Å². The summed E-state index contributed by atoms with van der Waals surface area (Å²) >= 11 is 0. The number of rotatable bonds is 1. The summed E-state index contributed by atoms with van der Waals surface area (Å²) in [5, 5.41) is 9.12. The lowest BCUT2D eigenvalue weighted by atomic mass is 10.2. The second-order valence-electron chi connectivity index (χ2n) is 3.99. The summed E-state index contributed by atoms with van der Waals surface area (Å²) in [6, 6.07) is 7.13. The monoisotopic (exact) mass is 295 g/mol. The third kappa shape index (κ3) is 4.68. The number of hydrogen-bond acceptors (Lipinski definition) is 5. The van der Waals surface area contributed by atoms with E-state index >= 15 is 0 Å². The summed E-state index contributed by atoms with van der Waals surface area (Å²) < 4.78 is 5.45. The zero-order chi connectivity index (χ0) is 15.6. The molecule has 6 heteroatoms. The number of nitrogens with zero attached hydrogens (tertiary/aromatic N) is 3. The molecule has 1 N–H and O–H groups in total. The number of carboxylic acid groups (broad SMARTS) is 1. The second-order valence-corrected chi connectivity index (χ2v) is 3.99. The van der Waals surface area contributed by atoms with Crippen molar-refractivity contribution in [2.45, 2.75) is 0 Å². The molecule has 0 saturated heterocycles. The molecule has 110 valence electrons. The minimum absolute atomic E-state index is 0.111. The fourth-order valence-electron chi connectivity index (χ4n) is 1.50. The molecule has 0 atom stereocenters. The van der Waals surface area contributed by atoms with Crippen LogP contribution in [0.3, 0.4) is 0 Å². The van der Waals surface area contributed by atoms with Crippen molar-refractivity contribution in [3.63, 3.8) is 0 Å². The fourth-order valence-corrected chi connectivity index (χ4v) is 1.50. The number of ether oxygens (including phenoxy) is 1. The fraction of sp³-hybridized carbons (Fsp3) is 0. The van der Waals surface area contributed by atoms with E-state index in [1.165, 1.54) is 49.5 Å². The molecule has 0 aliphatic carbocycles. The molecule has 0 bridgehead atoms. The van der Waals surface area contributed by atoms with Crippen molar-refractivity contribution in [2.75, 3.05) is 0 Å². The van der Waals surface area contributed by atoms with Crippen molar-refractivity contribution in [3.8, 4) is 5.75 Å². The number of hydrogen-bond donors (Lipinski definition) is 1. The van der Waals surface area contributed by atoms with Gasteiger partial charge in [0.05, 0.1) is 6.20 Å². The standard InChI is InChI=1S/C16H13N3O3/c20-16(21)14-5-3-7-17-8-9-18-10-11-22-15-6-2-1-4-13(15)12-19-14/h1-12H,(H,20,21). The molecule has 0 fully saturated rings. The third-order valence-electron chi connectivity index (χ3n) is 2.49.